The molecule has 42 heavy (non-hydrogen) atoms. The standard InChI is InChI=1S/C26H43N3O12Si/c1-13(30)34-11-16-19(36-14(2)31)21(37-15(3)32)18(28-29-27)23(38-16)40-22-20-17(39-24(22)33-10)12-35-42(41-20,25(4,5)6)26(7,8)9/h16-24H,11-12H2,1-10H3/t16-,17-,18-,19+,20-,21-,22+,23+,24+/m1/s1. The number of hydrogen-bond donors (Lipinski definition) is 0. The van der Waals surface area contributed by atoms with Crippen LogP contribution >= 0.6 is 0 Å². The molecule has 15 nitrogen and oxygen atoms in total. The molecule has 0 aromatic rings. The van der Waals surface area contributed by atoms with Gasteiger partial charge >= 0.3 is 26.5 Å². The summed E-state index contributed by atoms with van der Waals surface area (Å²) in [5.41, 5.74) is 9.44. The van der Waals surface area contributed by atoms with Gasteiger partial charge in [-0.2, -0.15) is 0 Å². The van der Waals surface area contributed by atoms with E-state index in [0.29, 0.717) is 0 Å². The van der Waals surface area contributed by atoms with Gasteiger partial charge in [-0.25, -0.2) is 0 Å². The molecule has 3 rings (SSSR count). The van der Waals surface area contributed by atoms with E-state index in [1.807, 2.05) is 0 Å². The summed E-state index contributed by atoms with van der Waals surface area (Å²) in [6.07, 6.45) is -8.18. The van der Waals surface area contributed by atoms with Crippen LogP contribution in [0, 0.1) is 0 Å². The Kier molecular flexibility index (Phi) is 10.7. The van der Waals surface area contributed by atoms with Crippen LogP contribution in [0.4, 0.5) is 0 Å². The smallest absolute Gasteiger partial charge is 0.349 e. The van der Waals surface area contributed by atoms with E-state index in [4.69, 9.17) is 42.0 Å². The second-order valence-corrected chi connectivity index (χ2v) is 17.3. The molecule has 3 heterocycles. The Morgan fingerprint density at radius 2 is 1.50 bits per heavy atom. The molecule has 16 heteroatoms. The molecule has 9 atom stereocenters. The van der Waals surface area contributed by atoms with E-state index >= 15 is 0 Å². The van der Waals surface area contributed by atoms with Crippen molar-refractivity contribution in [2.75, 3.05) is 20.3 Å². The molecule has 0 aromatic carbocycles. The molecule has 0 aliphatic carbocycles. The molecule has 0 amide bonds. The molecule has 0 bridgehead atoms. The first kappa shape index (κ1) is 34.2. The van der Waals surface area contributed by atoms with Crippen molar-refractivity contribution in [1.29, 1.82) is 0 Å². The third-order valence-electron chi connectivity index (χ3n) is 7.37. The number of carbonyl (C=O) groups excluding carboxylic acids is 3. The monoisotopic (exact) mass is 617 g/mol. The molecule has 3 saturated heterocycles. The summed E-state index contributed by atoms with van der Waals surface area (Å²) in [6.45, 7) is 15.8. The van der Waals surface area contributed by atoms with E-state index < -0.39 is 81.7 Å². The van der Waals surface area contributed by atoms with E-state index in [2.05, 4.69) is 51.6 Å². The highest BCUT2D eigenvalue weighted by Gasteiger charge is 2.66. The van der Waals surface area contributed by atoms with Crippen molar-refractivity contribution in [3.8, 4) is 0 Å². The Hall–Kier alpha value is -2.30. The van der Waals surface area contributed by atoms with Crippen molar-refractivity contribution >= 4 is 26.5 Å². The van der Waals surface area contributed by atoms with Crippen molar-refractivity contribution in [2.45, 2.75) is 128 Å². The minimum Gasteiger partial charge on any atom is -0.463 e. The average Bonchev–Trinajstić information content (AvgIpc) is 3.20. The zero-order chi connectivity index (χ0) is 31.6. The van der Waals surface area contributed by atoms with Gasteiger partial charge in [-0.15, -0.1) is 0 Å². The number of ether oxygens (including phenoxy) is 7. The first-order valence-corrected chi connectivity index (χ1v) is 15.6. The number of hydrogen-bond acceptors (Lipinski definition) is 13. The van der Waals surface area contributed by atoms with Gasteiger partial charge in [0.1, 0.15) is 37.1 Å². The van der Waals surface area contributed by atoms with Crippen molar-refractivity contribution in [1.82, 2.24) is 0 Å². The topological polar surface area (TPSA) is 183 Å². The maximum absolute atomic E-state index is 12.1. The number of methoxy groups -OCH3 is 1. The van der Waals surface area contributed by atoms with E-state index in [1.165, 1.54) is 14.0 Å². The minimum absolute atomic E-state index is 0.246. The van der Waals surface area contributed by atoms with Gasteiger partial charge in [0.25, 0.3) is 0 Å². The summed E-state index contributed by atoms with van der Waals surface area (Å²) < 4.78 is 53.7. The first-order chi connectivity index (χ1) is 19.5. The van der Waals surface area contributed by atoms with Crippen LogP contribution in [0.3, 0.4) is 0 Å². The number of azide groups is 1. The lowest BCUT2D eigenvalue weighted by Crippen LogP contribution is -2.66. The van der Waals surface area contributed by atoms with Crippen molar-refractivity contribution in [3.63, 3.8) is 0 Å². The molecule has 238 valence electrons. The van der Waals surface area contributed by atoms with Crippen LogP contribution in [0.1, 0.15) is 62.3 Å². The van der Waals surface area contributed by atoms with Crippen LogP contribution in [-0.4, -0.2) is 102 Å². The lowest BCUT2D eigenvalue weighted by Gasteiger charge is -2.54. The average molecular weight is 618 g/mol. The molecule has 0 radical (unpaired) electrons. The Bertz CT molecular complexity index is 1040. The van der Waals surface area contributed by atoms with E-state index in [-0.39, 0.29) is 23.3 Å². The number of rotatable bonds is 8. The van der Waals surface area contributed by atoms with Crippen molar-refractivity contribution < 1.29 is 56.4 Å². The predicted molar refractivity (Wildman–Crippen MR) is 146 cm³/mol. The lowest BCUT2D eigenvalue weighted by molar-refractivity contribution is -0.300. The third-order valence-corrected chi connectivity index (χ3v) is 12.5. The van der Waals surface area contributed by atoms with Crippen LogP contribution in [0.25, 0.3) is 10.4 Å². The van der Waals surface area contributed by atoms with E-state index in [1.54, 1.807) is 0 Å². The Morgan fingerprint density at radius 3 is 2.00 bits per heavy atom. The maximum Gasteiger partial charge on any atom is 0.349 e. The maximum atomic E-state index is 12.1. The number of fused-ring (bicyclic) bond motifs is 1. The molecule has 0 saturated carbocycles. The minimum atomic E-state index is -2.98. The van der Waals surface area contributed by atoms with Gasteiger partial charge in [0.2, 0.25) is 0 Å². The molecule has 0 unspecified atom stereocenters. The van der Waals surface area contributed by atoms with Crippen molar-refractivity contribution in [2.24, 2.45) is 5.11 Å². The molecule has 3 aliphatic heterocycles. The molecular weight excluding hydrogens is 574 g/mol. The van der Waals surface area contributed by atoms with E-state index in [0.717, 1.165) is 13.8 Å². The Balaban J connectivity index is 2.03. The van der Waals surface area contributed by atoms with Gasteiger partial charge in [-0.05, 0) is 5.53 Å². The largest absolute Gasteiger partial charge is 0.463 e. The van der Waals surface area contributed by atoms with Gasteiger partial charge < -0.3 is 42.0 Å². The second-order valence-electron chi connectivity index (χ2n) is 12.6. The Labute approximate surface area is 246 Å². The summed E-state index contributed by atoms with van der Waals surface area (Å²) >= 11 is 0. The van der Waals surface area contributed by atoms with E-state index in [9.17, 15) is 19.9 Å². The summed E-state index contributed by atoms with van der Waals surface area (Å²) in [7, 11) is -1.53. The molecule has 3 aliphatic rings. The zero-order valence-electron chi connectivity index (χ0n) is 25.9. The normalized spacial score (nSPS) is 34.5. The fourth-order valence-electron chi connectivity index (χ4n) is 5.97. The molecular formula is C26H43N3O12Si. The summed E-state index contributed by atoms with van der Waals surface area (Å²) in [6, 6.07) is -1.32. The number of esters is 3. The summed E-state index contributed by atoms with van der Waals surface area (Å²) in [5, 5.41) is 3.13. The Morgan fingerprint density at radius 1 is 0.905 bits per heavy atom. The van der Waals surface area contributed by atoms with Gasteiger partial charge in [0, 0.05) is 42.9 Å². The van der Waals surface area contributed by atoms with Gasteiger partial charge in [-0.3, -0.25) is 14.4 Å². The quantitative estimate of drug-likeness (QED) is 0.0970. The third kappa shape index (κ3) is 7.08. The van der Waals surface area contributed by atoms with Gasteiger partial charge in [0.15, 0.2) is 24.8 Å². The van der Waals surface area contributed by atoms with Crippen LogP contribution in [0.15, 0.2) is 5.11 Å². The zero-order valence-corrected chi connectivity index (χ0v) is 26.9. The predicted octanol–water partition coefficient (Wildman–Crippen LogP) is 3.03. The van der Waals surface area contributed by atoms with Crippen LogP contribution in [-0.2, 0) is 56.4 Å². The molecule has 0 aromatic heterocycles. The highest BCUT2D eigenvalue weighted by molar-refractivity contribution is 6.73. The van der Waals surface area contributed by atoms with Gasteiger partial charge in [-0.1, -0.05) is 46.7 Å². The SMILES string of the molecule is CO[C@H]1O[C@@H]2CO[Si](C(C)(C)C)(C(C)(C)C)O[C@H]2[C@@H]1O[C@@H]1O[C@H](COC(C)=O)[C@H](OC(C)=O)[C@H](OC(C)=O)[C@H]1N=[N+]=[N-]. The number of carbonyl (C=O) groups is 3. The van der Waals surface area contributed by atoms with Crippen LogP contribution in [0.5, 0.6) is 0 Å². The lowest BCUT2D eigenvalue weighted by atomic mass is 9.96. The first-order valence-electron chi connectivity index (χ1n) is 13.8. The highest BCUT2D eigenvalue weighted by Crippen LogP contribution is 2.55. The number of nitrogens with zero attached hydrogens (tertiary/aromatic N) is 3. The fraction of sp³-hybridized carbons (Fsp3) is 0.885. The van der Waals surface area contributed by atoms with Crippen molar-refractivity contribution in [3.05, 3.63) is 10.4 Å². The molecule has 0 N–H and O–H groups in total. The van der Waals surface area contributed by atoms with Crippen LogP contribution in [0.2, 0.25) is 10.1 Å². The second kappa shape index (κ2) is 13.1. The fourth-order valence-corrected chi connectivity index (χ4v) is 10.9. The summed E-state index contributed by atoms with van der Waals surface area (Å²) in [4.78, 5) is 38.7. The highest BCUT2D eigenvalue weighted by atomic mass is 28.4. The van der Waals surface area contributed by atoms with Crippen LogP contribution < -0.4 is 0 Å². The summed E-state index contributed by atoms with van der Waals surface area (Å²) in [5.74, 6) is -2.08. The molecule has 0 spiro atoms. The molecule has 3 fully saturated rings. The van der Waals surface area contributed by atoms with Gasteiger partial charge in [0.05, 0.1) is 6.61 Å².